The molecule has 2 aromatic rings. The number of thiophene rings is 1. The maximum atomic E-state index is 5.18. The highest BCUT2D eigenvalue weighted by atomic mass is 32.1. The Morgan fingerprint density at radius 3 is 2.58 bits per heavy atom. The first-order valence-electron chi connectivity index (χ1n) is 6.67. The minimum atomic E-state index is 0.345. The lowest BCUT2D eigenvalue weighted by molar-refractivity contribution is 0.414. The fraction of sp³-hybridized carbons (Fsp3) is 0.375. The summed E-state index contributed by atoms with van der Waals surface area (Å²) in [6, 6.07) is 10.8. The molecule has 0 aliphatic carbocycles. The highest BCUT2D eigenvalue weighted by Crippen LogP contribution is 2.20. The molecule has 19 heavy (non-hydrogen) atoms. The van der Waals surface area contributed by atoms with Crippen LogP contribution in [0.5, 0.6) is 5.75 Å². The summed E-state index contributed by atoms with van der Waals surface area (Å²) in [7, 11) is 1.69. The van der Waals surface area contributed by atoms with Crippen molar-refractivity contribution >= 4 is 11.3 Å². The molecular weight excluding hydrogens is 254 g/mol. The molecule has 1 N–H and O–H groups in total. The molecule has 1 atom stereocenters. The van der Waals surface area contributed by atoms with E-state index < -0.39 is 0 Å². The molecule has 1 aromatic carbocycles. The Bertz CT molecular complexity index is 504. The smallest absolute Gasteiger partial charge is 0.118 e. The first-order valence-corrected chi connectivity index (χ1v) is 7.55. The number of ether oxygens (including phenoxy) is 1. The summed E-state index contributed by atoms with van der Waals surface area (Å²) in [5.41, 5.74) is 2.75. The highest BCUT2D eigenvalue weighted by Gasteiger charge is 2.07. The molecule has 102 valence electrons. The average molecular weight is 275 g/mol. The molecule has 0 radical (unpaired) electrons. The number of hydrogen-bond acceptors (Lipinski definition) is 3. The molecule has 0 saturated heterocycles. The molecule has 1 aromatic heterocycles. The zero-order valence-corrected chi connectivity index (χ0v) is 12.6. The molecule has 2 nitrogen and oxygen atoms in total. The van der Waals surface area contributed by atoms with Crippen molar-refractivity contribution < 1.29 is 4.74 Å². The van der Waals surface area contributed by atoms with Crippen molar-refractivity contribution in [2.45, 2.75) is 32.9 Å². The van der Waals surface area contributed by atoms with Crippen LogP contribution >= 0.6 is 11.3 Å². The van der Waals surface area contributed by atoms with Gasteiger partial charge in [0.2, 0.25) is 0 Å². The van der Waals surface area contributed by atoms with Gasteiger partial charge in [0.1, 0.15) is 5.75 Å². The minimum Gasteiger partial charge on any atom is -0.497 e. The average Bonchev–Trinajstić information content (AvgIpc) is 2.92. The van der Waals surface area contributed by atoms with Crippen molar-refractivity contribution in [3.8, 4) is 5.75 Å². The number of benzene rings is 1. The first-order chi connectivity index (χ1) is 9.24. The summed E-state index contributed by atoms with van der Waals surface area (Å²) in [6.45, 7) is 5.34. The van der Waals surface area contributed by atoms with Crippen molar-refractivity contribution in [2.24, 2.45) is 0 Å². The van der Waals surface area contributed by atoms with E-state index in [1.807, 2.05) is 23.5 Å². The molecule has 2 rings (SSSR count). The van der Waals surface area contributed by atoms with Crippen LogP contribution in [0.3, 0.4) is 0 Å². The molecule has 0 spiro atoms. The van der Waals surface area contributed by atoms with Crippen LogP contribution in [0.1, 0.15) is 35.9 Å². The normalized spacial score (nSPS) is 12.4. The van der Waals surface area contributed by atoms with Crippen molar-refractivity contribution in [1.82, 2.24) is 5.32 Å². The number of nitrogens with one attached hydrogen (secondary N) is 1. The van der Waals surface area contributed by atoms with Gasteiger partial charge in [0.25, 0.3) is 0 Å². The summed E-state index contributed by atoms with van der Waals surface area (Å²) < 4.78 is 5.18. The number of aryl methyl sites for hydroxylation is 1. The van der Waals surface area contributed by atoms with Crippen LogP contribution in [0, 0.1) is 0 Å². The van der Waals surface area contributed by atoms with Gasteiger partial charge >= 0.3 is 0 Å². The number of methoxy groups -OCH3 is 1. The van der Waals surface area contributed by atoms with Crippen molar-refractivity contribution in [1.29, 1.82) is 0 Å². The Morgan fingerprint density at radius 2 is 1.95 bits per heavy atom. The topological polar surface area (TPSA) is 21.3 Å². The fourth-order valence-electron chi connectivity index (χ4n) is 2.09. The van der Waals surface area contributed by atoms with E-state index >= 15 is 0 Å². The van der Waals surface area contributed by atoms with Crippen LogP contribution in [0.15, 0.2) is 35.7 Å². The molecule has 0 bridgehead atoms. The third kappa shape index (κ3) is 3.58. The van der Waals surface area contributed by atoms with Gasteiger partial charge in [-0.1, -0.05) is 19.1 Å². The molecular formula is C16H21NOS. The number of hydrogen-bond donors (Lipinski definition) is 1. The summed E-state index contributed by atoms with van der Waals surface area (Å²) in [5, 5.41) is 5.76. The second-order valence-corrected chi connectivity index (χ2v) is 5.60. The van der Waals surface area contributed by atoms with E-state index in [1.54, 1.807) is 7.11 Å². The van der Waals surface area contributed by atoms with Gasteiger partial charge in [0.05, 0.1) is 7.11 Å². The van der Waals surface area contributed by atoms with E-state index in [2.05, 4.69) is 42.7 Å². The Labute approximate surface area is 119 Å². The highest BCUT2D eigenvalue weighted by molar-refractivity contribution is 7.10. The van der Waals surface area contributed by atoms with Crippen LogP contribution < -0.4 is 10.1 Å². The Morgan fingerprint density at radius 1 is 1.21 bits per heavy atom. The van der Waals surface area contributed by atoms with Crippen LogP contribution in [-0.2, 0) is 13.0 Å². The fourth-order valence-corrected chi connectivity index (χ4v) is 3.02. The maximum Gasteiger partial charge on any atom is 0.118 e. The van der Waals surface area contributed by atoms with Crippen LogP contribution in [0.4, 0.5) is 0 Å². The first kappa shape index (κ1) is 14.1. The van der Waals surface area contributed by atoms with Gasteiger partial charge in [0.15, 0.2) is 0 Å². The quantitative estimate of drug-likeness (QED) is 0.854. The Kier molecular flexibility index (Phi) is 5.00. The van der Waals surface area contributed by atoms with Crippen LogP contribution in [0.25, 0.3) is 0 Å². The van der Waals surface area contributed by atoms with Crippen LogP contribution in [-0.4, -0.2) is 7.11 Å². The largest absolute Gasteiger partial charge is 0.497 e. The van der Waals surface area contributed by atoms with Crippen molar-refractivity contribution in [3.63, 3.8) is 0 Å². The van der Waals surface area contributed by atoms with E-state index in [0.717, 1.165) is 18.7 Å². The third-order valence-corrected chi connectivity index (χ3v) is 4.37. The Balaban J connectivity index is 1.95. The lowest BCUT2D eigenvalue weighted by Gasteiger charge is -2.14. The SMILES string of the molecule is CCc1ccsc1CNC(C)c1ccc(OC)cc1. The van der Waals surface area contributed by atoms with Gasteiger partial charge in [-0.05, 0) is 48.1 Å². The van der Waals surface area contributed by atoms with E-state index in [4.69, 9.17) is 4.74 Å². The molecule has 0 aliphatic heterocycles. The third-order valence-electron chi connectivity index (χ3n) is 3.40. The molecule has 1 heterocycles. The molecule has 0 amide bonds. The minimum absolute atomic E-state index is 0.345. The lowest BCUT2D eigenvalue weighted by Crippen LogP contribution is -2.18. The Hall–Kier alpha value is -1.32. The zero-order valence-electron chi connectivity index (χ0n) is 11.8. The summed E-state index contributed by atoms with van der Waals surface area (Å²) >= 11 is 1.83. The van der Waals surface area contributed by atoms with Gasteiger partial charge in [-0.15, -0.1) is 11.3 Å². The summed E-state index contributed by atoms with van der Waals surface area (Å²) in [6.07, 6.45) is 1.11. The summed E-state index contributed by atoms with van der Waals surface area (Å²) in [5.74, 6) is 0.905. The van der Waals surface area contributed by atoms with Gasteiger partial charge in [0, 0.05) is 17.5 Å². The molecule has 3 heteroatoms. The predicted octanol–water partition coefficient (Wildman–Crippen LogP) is 4.17. The van der Waals surface area contributed by atoms with Gasteiger partial charge in [-0.2, -0.15) is 0 Å². The van der Waals surface area contributed by atoms with Crippen molar-refractivity contribution in [2.75, 3.05) is 7.11 Å². The van der Waals surface area contributed by atoms with E-state index in [9.17, 15) is 0 Å². The second kappa shape index (κ2) is 6.73. The molecule has 0 saturated carbocycles. The number of rotatable bonds is 6. The van der Waals surface area contributed by atoms with Crippen LogP contribution in [0.2, 0.25) is 0 Å². The second-order valence-electron chi connectivity index (χ2n) is 4.60. The van der Waals surface area contributed by atoms with Gasteiger partial charge in [-0.3, -0.25) is 0 Å². The lowest BCUT2D eigenvalue weighted by atomic mass is 10.1. The molecule has 0 fully saturated rings. The maximum absolute atomic E-state index is 5.18. The summed E-state index contributed by atoms with van der Waals surface area (Å²) in [4.78, 5) is 1.45. The van der Waals surface area contributed by atoms with Gasteiger partial charge < -0.3 is 10.1 Å². The van der Waals surface area contributed by atoms with Gasteiger partial charge in [-0.25, -0.2) is 0 Å². The van der Waals surface area contributed by atoms with Crippen molar-refractivity contribution in [3.05, 3.63) is 51.7 Å². The van der Waals surface area contributed by atoms with E-state index in [0.29, 0.717) is 6.04 Å². The standard InChI is InChI=1S/C16H21NOS/c1-4-13-9-10-19-16(13)11-17-12(2)14-5-7-15(18-3)8-6-14/h5-10,12,17H,4,11H2,1-3H3. The monoisotopic (exact) mass is 275 g/mol. The van der Waals surface area contributed by atoms with E-state index in [1.165, 1.54) is 16.0 Å². The zero-order chi connectivity index (χ0) is 13.7. The molecule has 1 unspecified atom stereocenters. The molecule has 0 aliphatic rings. The predicted molar refractivity (Wildman–Crippen MR) is 81.9 cm³/mol. The van der Waals surface area contributed by atoms with E-state index in [-0.39, 0.29) is 0 Å².